The number of nitrogens with one attached hydrogen (secondary N) is 1. The molecule has 0 spiro atoms. The molecule has 1 amide bonds. The molecule has 3 unspecified atom stereocenters. The highest BCUT2D eigenvalue weighted by molar-refractivity contribution is 6.33. The second-order valence-corrected chi connectivity index (χ2v) is 10.0. The van der Waals surface area contributed by atoms with Crippen molar-refractivity contribution in [1.82, 2.24) is 0 Å². The third-order valence-electron chi connectivity index (χ3n) is 6.68. The average molecular weight is 546 g/mol. The molecule has 10 heteroatoms. The SMILES string of the molecule is CCOC(=O)C(C)Cc1ccc(Cl)c(NC(=O)C(c2ccc(C3CC(F)(F)C3)cc2)C(C)C(F)(F)F)c1. The van der Waals surface area contributed by atoms with Gasteiger partial charge in [0.1, 0.15) is 0 Å². The molecule has 1 N–H and O–H groups in total. The molecule has 2 aromatic rings. The van der Waals surface area contributed by atoms with Crippen LogP contribution in [-0.4, -0.2) is 30.6 Å². The number of hydrogen-bond acceptors (Lipinski definition) is 3. The first-order valence-electron chi connectivity index (χ1n) is 12.0. The van der Waals surface area contributed by atoms with Crippen LogP contribution in [0, 0.1) is 11.8 Å². The zero-order valence-corrected chi connectivity index (χ0v) is 21.4. The van der Waals surface area contributed by atoms with E-state index in [9.17, 15) is 31.5 Å². The summed E-state index contributed by atoms with van der Waals surface area (Å²) in [6.07, 6.45) is -5.00. The number of carbonyl (C=O) groups excluding carboxylic acids is 2. The summed E-state index contributed by atoms with van der Waals surface area (Å²) in [5, 5.41) is 2.64. The Labute approximate surface area is 217 Å². The van der Waals surface area contributed by atoms with E-state index in [0.717, 1.165) is 6.92 Å². The third kappa shape index (κ3) is 7.21. The standard InChI is InChI=1S/C27H29ClF5NO3/c1-4-37-25(36)15(2)11-17-5-10-21(28)22(12-17)34-24(35)23(16(3)27(31,32)33)19-8-6-18(7-9-19)20-13-26(29,30)14-20/h5-10,12,15-16,20,23H,4,11,13-14H2,1-3H3,(H,34,35). The van der Waals surface area contributed by atoms with E-state index in [0.29, 0.717) is 11.1 Å². The van der Waals surface area contributed by atoms with Gasteiger partial charge in [0.25, 0.3) is 0 Å². The molecular weight excluding hydrogens is 517 g/mol. The summed E-state index contributed by atoms with van der Waals surface area (Å²) in [5.41, 5.74) is 1.47. The zero-order valence-electron chi connectivity index (χ0n) is 20.7. The smallest absolute Gasteiger partial charge is 0.392 e. The highest BCUT2D eigenvalue weighted by Crippen LogP contribution is 2.48. The maximum atomic E-state index is 13.7. The summed E-state index contributed by atoms with van der Waals surface area (Å²) in [4.78, 5) is 25.2. The highest BCUT2D eigenvalue weighted by Gasteiger charge is 2.47. The van der Waals surface area contributed by atoms with Gasteiger partial charge in [0.15, 0.2) is 0 Å². The molecule has 1 aliphatic carbocycles. The Morgan fingerprint density at radius 1 is 1.11 bits per heavy atom. The zero-order chi connectivity index (χ0) is 27.5. The van der Waals surface area contributed by atoms with Crippen molar-refractivity contribution in [2.75, 3.05) is 11.9 Å². The maximum absolute atomic E-state index is 13.7. The topological polar surface area (TPSA) is 55.4 Å². The lowest BCUT2D eigenvalue weighted by molar-refractivity contribution is -0.178. The van der Waals surface area contributed by atoms with Crippen molar-refractivity contribution < 1.29 is 36.3 Å². The van der Waals surface area contributed by atoms with E-state index >= 15 is 0 Å². The number of anilines is 1. The fraction of sp³-hybridized carbons (Fsp3) is 0.481. The minimum absolute atomic E-state index is 0.111. The first-order valence-corrected chi connectivity index (χ1v) is 12.4. The van der Waals surface area contributed by atoms with E-state index in [1.807, 2.05) is 0 Å². The van der Waals surface area contributed by atoms with Crippen LogP contribution in [0.1, 0.15) is 62.1 Å². The molecule has 1 aliphatic rings. The van der Waals surface area contributed by atoms with Crippen molar-refractivity contribution in [3.8, 4) is 0 Å². The van der Waals surface area contributed by atoms with Crippen molar-refractivity contribution in [3.05, 3.63) is 64.2 Å². The van der Waals surface area contributed by atoms with E-state index in [-0.39, 0.29) is 48.1 Å². The molecule has 1 fully saturated rings. The summed E-state index contributed by atoms with van der Waals surface area (Å²) in [6, 6.07) is 10.5. The first-order chi connectivity index (χ1) is 17.2. The normalized spacial score (nSPS) is 17.9. The molecule has 202 valence electrons. The van der Waals surface area contributed by atoms with Gasteiger partial charge in [-0.15, -0.1) is 0 Å². The molecule has 3 rings (SSSR count). The Morgan fingerprint density at radius 2 is 1.73 bits per heavy atom. The lowest BCUT2D eigenvalue weighted by atomic mass is 9.76. The minimum atomic E-state index is -4.67. The van der Waals surface area contributed by atoms with Crippen LogP contribution in [0.5, 0.6) is 0 Å². The number of carbonyl (C=O) groups is 2. The number of rotatable bonds is 9. The fourth-order valence-corrected chi connectivity index (χ4v) is 4.62. The second-order valence-electron chi connectivity index (χ2n) is 9.60. The molecule has 0 aromatic heterocycles. The van der Waals surface area contributed by atoms with E-state index < -0.39 is 41.7 Å². The quantitative estimate of drug-likeness (QED) is 0.262. The van der Waals surface area contributed by atoms with Crippen LogP contribution in [-0.2, 0) is 20.7 Å². The summed E-state index contributed by atoms with van der Waals surface area (Å²) in [5.74, 6) is -8.50. The van der Waals surface area contributed by atoms with Gasteiger partial charge in [-0.25, -0.2) is 8.78 Å². The largest absolute Gasteiger partial charge is 0.466 e. The molecule has 1 saturated carbocycles. The third-order valence-corrected chi connectivity index (χ3v) is 7.00. The summed E-state index contributed by atoms with van der Waals surface area (Å²) >= 11 is 6.22. The van der Waals surface area contributed by atoms with Crippen LogP contribution < -0.4 is 5.32 Å². The van der Waals surface area contributed by atoms with Crippen molar-refractivity contribution in [1.29, 1.82) is 0 Å². The van der Waals surface area contributed by atoms with Crippen molar-refractivity contribution in [2.24, 2.45) is 11.8 Å². The summed E-state index contributed by atoms with van der Waals surface area (Å²) in [6.45, 7) is 4.53. The van der Waals surface area contributed by atoms with Crippen molar-refractivity contribution in [3.63, 3.8) is 0 Å². The number of esters is 1. The Hall–Kier alpha value is -2.68. The number of halogens is 6. The molecule has 0 bridgehead atoms. The maximum Gasteiger partial charge on any atom is 0.392 e. The molecule has 0 heterocycles. The van der Waals surface area contributed by atoms with Crippen LogP contribution in [0.3, 0.4) is 0 Å². The molecule has 0 saturated heterocycles. The first kappa shape index (κ1) is 28.9. The lowest BCUT2D eigenvalue weighted by Crippen LogP contribution is -2.35. The van der Waals surface area contributed by atoms with Crippen molar-refractivity contribution >= 4 is 29.2 Å². The number of benzene rings is 2. The molecule has 3 atom stereocenters. The number of amides is 1. The fourth-order valence-electron chi connectivity index (χ4n) is 4.46. The highest BCUT2D eigenvalue weighted by atomic mass is 35.5. The summed E-state index contributed by atoms with van der Waals surface area (Å²) < 4.78 is 72.6. The van der Waals surface area contributed by atoms with Crippen LogP contribution in [0.4, 0.5) is 27.6 Å². The van der Waals surface area contributed by atoms with Gasteiger partial charge in [-0.05, 0) is 48.1 Å². The second kappa shape index (κ2) is 11.4. The van der Waals surface area contributed by atoms with E-state index in [1.165, 1.54) is 36.4 Å². The number of alkyl halides is 5. The predicted molar refractivity (Wildman–Crippen MR) is 131 cm³/mol. The Kier molecular flexibility index (Phi) is 8.88. The minimum Gasteiger partial charge on any atom is -0.466 e. The average Bonchev–Trinajstić information content (AvgIpc) is 2.79. The van der Waals surface area contributed by atoms with Gasteiger partial charge in [0.2, 0.25) is 11.8 Å². The van der Waals surface area contributed by atoms with Gasteiger partial charge in [0, 0.05) is 12.8 Å². The number of hydrogen-bond donors (Lipinski definition) is 1. The van der Waals surface area contributed by atoms with Gasteiger partial charge in [0.05, 0.1) is 35.1 Å². The van der Waals surface area contributed by atoms with E-state index in [2.05, 4.69) is 5.32 Å². The molecule has 0 aliphatic heterocycles. The lowest BCUT2D eigenvalue weighted by Gasteiger charge is -2.35. The van der Waals surface area contributed by atoms with Gasteiger partial charge in [-0.1, -0.05) is 55.8 Å². The van der Waals surface area contributed by atoms with Gasteiger partial charge < -0.3 is 10.1 Å². The molecule has 37 heavy (non-hydrogen) atoms. The Balaban J connectivity index is 1.83. The monoisotopic (exact) mass is 545 g/mol. The van der Waals surface area contributed by atoms with E-state index in [1.54, 1.807) is 19.9 Å². The van der Waals surface area contributed by atoms with Gasteiger partial charge >= 0.3 is 12.1 Å². The molecule has 0 radical (unpaired) electrons. The number of ether oxygens (including phenoxy) is 1. The van der Waals surface area contributed by atoms with Gasteiger partial charge in [-0.2, -0.15) is 13.2 Å². The molecular formula is C27H29ClF5NO3. The van der Waals surface area contributed by atoms with Crippen LogP contribution >= 0.6 is 11.6 Å². The van der Waals surface area contributed by atoms with Crippen LogP contribution in [0.15, 0.2) is 42.5 Å². The molecule has 4 nitrogen and oxygen atoms in total. The van der Waals surface area contributed by atoms with Crippen LogP contribution in [0.25, 0.3) is 0 Å². The Morgan fingerprint density at radius 3 is 2.27 bits per heavy atom. The van der Waals surface area contributed by atoms with Crippen LogP contribution in [0.2, 0.25) is 5.02 Å². The van der Waals surface area contributed by atoms with Crippen molar-refractivity contribution in [2.45, 2.75) is 64.0 Å². The Bertz CT molecular complexity index is 1110. The molecule has 2 aromatic carbocycles. The summed E-state index contributed by atoms with van der Waals surface area (Å²) in [7, 11) is 0. The predicted octanol–water partition coefficient (Wildman–Crippen LogP) is 7.52. The van der Waals surface area contributed by atoms with Gasteiger partial charge in [-0.3, -0.25) is 9.59 Å². The van der Waals surface area contributed by atoms with E-state index in [4.69, 9.17) is 16.3 Å².